The Hall–Kier alpha value is -4.04. The van der Waals surface area contributed by atoms with Crippen LogP contribution in [0.25, 0.3) is 0 Å². The van der Waals surface area contributed by atoms with Crippen LogP contribution in [0.15, 0.2) is 72.8 Å². The largest absolute Gasteiger partial charge is 0.492 e. The smallest absolute Gasteiger partial charge is 0.266 e. The van der Waals surface area contributed by atoms with Crippen molar-refractivity contribution in [2.24, 2.45) is 5.92 Å². The summed E-state index contributed by atoms with van der Waals surface area (Å²) in [4.78, 5) is 35.3. The Bertz CT molecular complexity index is 1310. The molecule has 3 aromatic rings. The summed E-state index contributed by atoms with van der Waals surface area (Å²) in [7, 11) is 0. The zero-order chi connectivity index (χ0) is 27.4. The monoisotopic (exact) mass is 530 g/mol. The van der Waals surface area contributed by atoms with Crippen molar-refractivity contribution in [3.63, 3.8) is 0 Å². The lowest BCUT2D eigenvalue weighted by atomic mass is 9.90. The maximum absolute atomic E-state index is 14.1. The zero-order valence-corrected chi connectivity index (χ0v) is 22.5. The van der Waals surface area contributed by atoms with E-state index < -0.39 is 24.0 Å². The number of hydrogen-bond acceptors (Lipinski definition) is 7. The summed E-state index contributed by atoms with van der Waals surface area (Å²) in [5.74, 6) is 0.209. The molecule has 0 N–H and O–H groups in total. The molecule has 0 unspecified atom stereocenters. The van der Waals surface area contributed by atoms with Crippen molar-refractivity contribution in [3.05, 3.63) is 78.4 Å². The van der Waals surface area contributed by atoms with E-state index in [4.69, 9.17) is 19.0 Å². The Morgan fingerprint density at radius 1 is 0.769 bits per heavy atom. The van der Waals surface area contributed by atoms with Crippen LogP contribution in [0.4, 0.5) is 11.4 Å². The van der Waals surface area contributed by atoms with Gasteiger partial charge in [0.25, 0.3) is 5.91 Å². The highest BCUT2D eigenvalue weighted by Gasteiger charge is 2.60. The van der Waals surface area contributed by atoms with Gasteiger partial charge in [-0.1, -0.05) is 49.7 Å². The number of amides is 2. The molecule has 0 aliphatic carbocycles. The summed E-state index contributed by atoms with van der Waals surface area (Å²) in [5.41, 5.74) is 1.96. The number of fused-ring (bicyclic) bond motifs is 1. The molecule has 8 nitrogen and oxygen atoms in total. The van der Waals surface area contributed by atoms with Gasteiger partial charge < -0.3 is 14.2 Å². The first-order valence-corrected chi connectivity index (χ1v) is 13.6. The summed E-state index contributed by atoms with van der Waals surface area (Å²) in [5, 5.41) is 1.68. The number of para-hydroxylation sites is 3. The standard InChI is InChI=1S/C31H34N2O6/c1-4-7-19-38-25-18-17-21(20-26(25)37-6-3)28-27-29(39-33(28)22-13-9-8-10-14-22)31(35)32(30(27)34)23-15-11-12-16-24(23)36-5-2/h8-18,20,27-29H,4-7,19H2,1-3H3/t27-,28+,29-/m1/s1. The number of hydroxylamine groups is 1. The van der Waals surface area contributed by atoms with Crippen LogP contribution in [-0.4, -0.2) is 37.7 Å². The minimum Gasteiger partial charge on any atom is -0.492 e. The predicted octanol–water partition coefficient (Wildman–Crippen LogP) is 5.71. The molecule has 0 bridgehead atoms. The SMILES string of the molecule is CCCCOc1ccc([C@H]2[C@H]3C(=O)N(c4ccccc4OCC)C(=O)[C@@H]3ON2c2ccccc2)cc1OCC. The van der Waals surface area contributed by atoms with Crippen molar-refractivity contribution in [1.29, 1.82) is 0 Å². The van der Waals surface area contributed by atoms with E-state index in [9.17, 15) is 9.59 Å². The van der Waals surface area contributed by atoms with Crippen LogP contribution in [-0.2, 0) is 14.4 Å². The van der Waals surface area contributed by atoms with Gasteiger partial charge in [-0.3, -0.25) is 14.4 Å². The predicted molar refractivity (Wildman–Crippen MR) is 148 cm³/mol. The summed E-state index contributed by atoms with van der Waals surface area (Å²) in [6.45, 7) is 7.35. The normalized spacial score (nSPS) is 20.3. The summed E-state index contributed by atoms with van der Waals surface area (Å²) < 4.78 is 17.7. The number of benzene rings is 3. The first-order chi connectivity index (χ1) is 19.1. The van der Waals surface area contributed by atoms with Crippen LogP contribution in [0.1, 0.15) is 45.2 Å². The van der Waals surface area contributed by atoms with E-state index in [1.807, 2.05) is 68.4 Å². The highest BCUT2D eigenvalue weighted by atomic mass is 16.7. The molecule has 2 fully saturated rings. The lowest BCUT2D eigenvalue weighted by Gasteiger charge is -2.29. The molecular weight excluding hydrogens is 496 g/mol. The van der Waals surface area contributed by atoms with Gasteiger partial charge in [0.15, 0.2) is 17.6 Å². The fraction of sp³-hybridized carbons (Fsp3) is 0.355. The van der Waals surface area contributed by atoms with Crippen molar-refractivity contribution in [2.75, 3.05) is 29.8 Å². The van der Waals surface area contributed by atoms with Gasteiger partial charge in [-0.15, -0.1) is 0 Å². The van der Waals surface area contributed by atoms with Crippen LogP contribution in [0.3, 0.4) is 0 Å². The van der Waals surface area contributed by atoms with Gasteiger partial charge in [-0.05, 0) is 62.2 Å². The third kappa shape index (κ3) is 5.04. The molecule has 2 saturated heterocycles. The van der Waals surface area contributed by atoms with Gasteiger partial charge in [-0.2, -0.15) is 0 Å². The molecule has 2 aliphatic rings. The van der Waals surface area contributed by atoms with Crippen LogP contribution in [0.5, 0.6) is 17.2 Å². The first-order valence-electron chi connectivity index (χ1n) is 13.6. The molecule has 3 aromatic carbocycles. The number of anilines is 2. The second-order valence-electron chi connectivity index (χ2n) is 9.41. The molecule has 0 aromatic heterocycles. The Morgan fingerprint density at radius 3 is 2.23 bits per heavy atom. The van der Waals surface area contributed by atoms with Crippen LogP contribution in [0.2, 0.25) is 0 Å². The highest BCUT2D eigenvalue weighted by Crippen LogP contribution is 2.49. The fourth-order valence-corrected chi connectivity index (χ4v) is 5.13. The van der Waals surface area contributed by atoms with Gasteiger partial charge in [0, 0.05) is 0 Å². The average molecular weight is 531 g/mol. The summed E-state index contributed by atoms with van der Waals surface area (Å²) in [6, 6.07) is 21.7. The molecule has 0 radical (unpaired) electrons. The van der Waals surface area contributed by atoms with E-state index in [1.54, 1.807) is 23.3 Å². The van der Waals surface area contributed by atoms with Crippen molar-refractivity contribution in [3.8, 4) is 17.2 Å². The summed E-state index contributed by atoms with van der Waals surface area (Å²) in [6.07, 6.45) is 0.981. The Balaban J connectivity index is 1.56. The fourth-order valence-electron chi connectivity index (χ4n) is 5.13. The minimum atomic E-state index is -0.978. The van der Waals surface area contributed by atoms with E-state index in [0.29, 0.717) is 42.8 Å². The van der Waals surface area contributed by atoms with Gasteiger partial charge in [0.1, 0.15) is 11.7 Å². The molecule has 39 heavy (non-hydrogen) atoms. The number of ether oxygens (including phenoxy) is 3. The Labute approximate surface area is 229 Å². The number of imide groups is 1. The molecule has 8 heteroatoms. The maximum Gasteiger partial charge on any atom is 0.266 e. The number of nitrogens with zero attached hydrogens (tertiary/aromatic N) is 2. The number of carbonyl (C=O) groups is 2. The van der Waals surface area contributed by atoms with Crippen molar-refractivity contribution >= 4 is 23.2 Å². The van der Waals surface area contributed by atoms with E-state index in [2.05, 4.69) is 6.92 Å². The van der Waals surface area contributed by atoms with Crippen molar-refractivity contribution < 1.29 is 28.6 Å². The molecule has 2 aliphatic heterocycles. The molecule has 204 valence electrons. The number of rotatable bonds is 11. The van der Waals surface area contributed by atoms with E-state index in [-0.39, 0.29) is 5.91 Å². The number of unbranched alkanes of at least 4 members (excludes halogenated alkanes) is 1. The van der Waals surface area contributed by atoms with E-state index >= 15 is 0 Å². The van der Waals surface area contributed by atoms with E-state index in [1.165, 1.54) is 4.90 Å². The van der Waals surface area contributed by atoms with E-state index in [0.717, 1.165) is 24.1 Å². The van der Waals surface area contributed by atoms with Crippen LogP contribution in [0, 0.1) is 5.92 Å². The third-order valence-corrected chi connectivity index (χ3v) is 6.90. The minimum absolute atomic E-state index is 0.332. The quantitative estimate of drug-likeness (QED) is 0.232. The Kier molecular flexibility index (Phi) is 8.02. The molecule has 3 atom stereocenters. The van der Waals surface area contributed by atoms with Crippen LogP contribution >= 0.6 is 0 Å². The Morgan fingerprint density at radius 2 is 1.49 bits per heavy atom. The zero-order valence-electron chi connectivity index (χ0n) is 22.5. The first kappa shape index (κ1) is 26.6. The van der Waals surface area contributed by atoms with Crippen molar-refractivity contribution in [2.45, 2.75) is 45.8 Å². The van der Waals surface area contributed by atoms with Gasteiger partial charge in [0.2, 0.25) is 5.91 Å². The molecule has 2 amide bonds. The second kappa shape index (κ2) is 11.8. The molecule has 5 rings (SSSR count). The molecule has 0 saturated carbocycles. The second-order valence-corrected chi connectivity index (χ2v) is 9.41. The maximum atomic E-state index is 14.1. The summed E-state index contributed by atoms with van der Waals surface area (Å²) >= 11 is 0. The third-order valence-electron chi connectivity index (χ3n) is 6.90. The highest BCUT2D eigenvalue weighted by molar-refractivity contribution is 6.24. The van der Waals surface area contributed by atoms with Gasteiger partial charge in [0.05, 0.1) is 37.2 Å². The topological polar surface area (TPSA) is 77.5 Å². The molecule has 2 heterocycles. The number of hydrogen-bond donors (Lipinski definition) is 0. The van der Waals surface area contributed by atoms with Crippen molar-refractivity contribution in [1.82, 2.24) is 0 Å². The molecular formula is C31H34N2O6. The lowest BCUT2D eigenvalue weighted by molar-refractivity contribution is -0.126. The number of carbonyl (C=O) groups excluding carboxylic acids is 2. The van der Waals surface area contributed by atoms with Gasteiger partial charge >= 0.3 is 0 Å². The molecule has 0 spiro atoms. The van der Waals surface area contributed by atoms with Crippen LogP contribution < -0.4 is 24.2 Å². The van der Waals surface area contributed by atoms with Gasteiger partial charge in [-0.25, -0.2) is 9.96 Å². The average Bonchev–Trinajstić information content (AvgIpc) is 3.46. The lowest BCUT2D eigenvalue weighted by Crippen LogP contribution is -2.37.